The zero-order valence-corrected chi connectivity index (χ0v) is 22.1. The predicted octanol–water partition coefficient (Wildman–Crippen LogP) is 5.66. The first-order valence-corrected chi connectivity index (χ1v) is 13.5. The summed E-state index contributed by atoms with van der Waals surface area (Å²) in [6.07, 6.45) is 6.05. The molecule has 2 aliphatic rings. The maximum absolute atomic E-state index is 15.1. The van der Waals surface area contributed by atoms with E-state index in [0.29, 0.717) is 68.8 Å². The van der Waals surface area contributed by atoms with Crippen LogP contribution < -0.4 is 4.90 Å². The molecule has 5 nitrogen and oxygen atoms in total. The number of nitrogens with zero attached hydrogens (tertiary/aromatic N) is 4. The molecule has 0 amide bonds. The van der Waals surface area contributed by atoms with Crippen LogP contribution >= 0.6 is 0 Å². The molecule has 202 valence electrons. The molecule has 5 rings (SSSR count). The standard InChI is InChI=1S/C30H35F3N4O/c1-20-13-21(2)18-37(17-20)28-7-8-34-16-23(28)3-4-24-5-6-25(31)30(35-24)29-26(32)14-22(15-27(29)33)19-36-9-11-38-12-10-36/h5-8,14-16,20-21H,3-4,9-13,17-19H2,1-2H3/t20-,21+. The molecule has 4 heterocycles. The molecule has 0 bridgehead atoms. The minimum absolute atomic E-state index is 0.291. The summed E-state index contributed by atoms with van der Waals surface area (Å²) >= 11 is 0. The van der Waals surface area contributed by atoms with E-state index in [1.165, 1.54) is 24.6 Å². The molecule has 0 unspecified atom stereocenters. The minimum atomic E-state index is -0.806. The highest BCUT2D eigenvalue weighted by Crippen LogP contribution is 2.31. The molecule has 0 aliphatic carbocycles. The van der Waals surface area contributed by atoms with E-state index < -0.39 is 23.0 Å². The van der Waals surface area contributed by atoms with Gasteiger partial charge in [-0.3, -0.25) is 9.88 Å². The van der Waals surface area contributed by atoms with Gasteiger partial charge in [0, 0.05) is 56.5 Å². The molecule has 2 atom stereocenters. The maximum atomic E-state index is 15.1. The third-order valence-electron chi connectivity index (χ3n) is 7.49. The van der Waals surface area contributed by atoms with Gasteiger partial charge in [-0.1, -0.05) is 13.8 Å². The van der Waals surface area contributed by atoms with Crippen LogP contribution in [0.2, 0.25) is 0 Å². The smallest absolute Gasteiger partial charge is 0.149 e. The number of hydrogen-bond donors (Lipinski definition) is 0. The number of pyridine rings is 2. The summed E-state index contributed by atoms with van der Waals surface area (Å²) < 4.78 is 50.4. The molecule has 0 radical (unpaired) electrons. The zero-order chi connectivity index (χ0) is 26.6. The molecule has 3 aromatic rings. The quantitative estimate of drug-likeness (QED) is 0.399. The highest BCUT2D eigenvalue weighted by atomic mass is 19.1. The monoisotopic (exact) mass is 524 g/mol. The highest BCUT2D eigenvalue weighted by molar-refractivity contribution is 5.62. The number of anilines is 1. The number of aryl methyl sites for hydroxylation is 2. The topological polar surface area (TPSA) is 41.5 Å². The lowest BCUT2D eigenvalue weighted by Gasteiger charge is -2.37. The first-order chi connectivity index (χ1) is 18.4. The van der Waals surface area contributed by atoms with E-state index in [9.17, 15) is 4.39 Å². The van der Waals surface area contributed by atoms with Crippen molar-refractivity contribution in [1.82, 2.24) is 14.9 Å². The molecule has 2 fully saturated rings. The van der Waals surface area contributed by atoms with Crippen molar-refractivity contribution in [2.24, 2.45) is 11.8 Å². The largest absolute Gasteiger partial charge is 0.379 e. The van der Waals surface area contributed by atoms with Crippen molar-refractivity contribution in [3.05, 3.63) is 77.0 Å². The molecule has 0 saturated carbocycles. The van der Waals surface area contributed by atoms with Gasteiger partial charge in [0.25, 0.3) is 0 Å². The van der Waals surface area contributed by atoms with Gasteiger partial charge in [0.2, 0.25) is 0 Å². The van der Waals surface area contributed by atoms with Crippen LogP contribution in [-0.4, -0.2) is 54.3 Å². The van der Waals surface area contributed by atoms with E-state index in [-0.39, 0.29) is 5.69 Å². The van der Waals surface area contributed by atoms with Gasteiger partial charge >= 0.3 is 0 Å². The van der Waals surface area contributed by atoms with Gasteiger partial charge in [0.15, 0.2) is 0 Å². The Labute approximate surface area is 222 Å². The normalized spacial score (nSPS) is 20.6. The van der Waals surface area contributed by atoms with Crippen molar-refractivity contribution < 1.29 is 17.9 Å². The van der Waals surface area contributed by atoms with Crippen LogP contribution in [-0.2, 0) is 24.1 Å². The summed E-state index contributed by atoms with van der Waals surface area (Å²) in [5.74, 6) is -1.12. The lowest BCUT2D eigenvalue weighted by atomic mass is 9.91. The fraction of sp³-hybridized carbons (Fsp3) is 0.467. The van der Waals surface area contributed by atoms with Gasteiger partial charge in [-0.05, 0) is 72.6 Å². The number of halogens is 3. The van der Waals surface area contributed by atoms with Gasteiger partial charge < -0.3 is 9.64 Å². The van der Waals surface area contributed by atoms with E-state index in [2.05, 4.69) is 33.6 Å². The summed E-state index contributed by atoms with van der Waals surface area (Å²) in [5.41, 5.74) is 2.62. The number of aromatic nitrogens is 2. The van der Waals surface area contributed by atoms with Crippen molar-refractivity contribution >= 4 is 5.69 Å². The molecule has 0 N–H and O–H groups in total. The van der Waals surface area contributed by atoms with E-state index in [0.717, 1.165) is 24.3 Å². The van der Waals surface area contributed by atoms with Gasteiger partial charge in [-0.25, -0.2) is 18.2 Å². The molecule has 0 spiro atoms. The van der Waals surface area contributed by atoms with E-state index >= 15 is 8.78 Å². The molecule has 2 saturated heterocycles. The first-order valence-electron chi connectivity index (χ1n) is 13.5. The van der Waals surface area contributed by atoms with Crippen LogP contribution in [0.15, 0.2) is 42.7 Å². The summed E-state index contributed by atoms with van der Waals surface area (Å²) in [6.45, 7) is 9.58. The Balaban J connectivity index is 1.34. The van der Waals surface area contributed by atoms with E-state index in [1.54, 1.807) is 6.07 Å². The van der Waals surface area contributed by atoms with Gasteiger partial charge in [-0.15, -0.1) is 0 Å². The van der Waals surface area contributed by atoms with Crippen molar-refractivity contribution in [3.63, 3.8) is 0 Å². The van der Waals surface area contributed by atoms with E-state index in [1.807, 2.05) is 18.5 Å². The van der Waals surface area contributed by atoms with Gasteiger partial charge in [-0.2, -0.15) is 0 Å². The number of benzene rings is 1. The van der Waals surface area contributed by atoms with Crippen molar-refractivity contribution in [2.45, 2.75) is 39.7 Å². The number of piperidine rings is 1. The number of ether oxygens (including phenoxy) is 1. The second kappa shape index (κ2) is 11.8. The van der Waals surface area contributed by atoms with Crippen LogP contribution in [0.3, 0.4) is 0 Å². The molecule has 38 heavy (non-hydrogen) atoms. The second-order valence-corrected chi connectivity index (χ2v) is 10.8. The molecular weight excluding hydrogens is 489 g/mol. The summed E-state index contributed by atoms with van der Waals surface area (Å²) in [5, 5.41) is 0. The second-order valence-electron chi connectivity index (χ2n) is 10.8. The molecular formula is C30H35F3N4O. The lowest BCUT2D eigenvalue weighted by Crippen LogP contribution is -2.39. The van der Waals surface area contributed by atoms with Crippen LogP contribution in [0.1, 0.15) is 37.1 Å². The Hall–Kier alpha value is -2.97. The number of hydrogen-bond acceptors (Lipinski definition) is 5. The van der Waals surface area contributed by atoms with Crippen molar-refractivity contribution in [2.75, 3.05) is 44.3 Å². The zero-order valence-electron chi connectivity index (χ0n) is 22.1. The van der Waals surface area contributed by atoms with Crippen molar-refractivity contribution in [1.29, 1.82) is 0 Å². The fourth-order valence-corrected chi connectivity index (χ4v) is 5.80. The Bertz CT molecular complexity index is 1230. The highest BCUT2D eigenvalue weighted by Gasteiger charge is 2.24. The number of morpholine rings is 1. The van der Waals surface area contributed by atoms with Crippen LogP contribution in [0, 0.1) is 29.3 Å². The summed E-state index contributed by atoms with van der Waals surface area (Å²) in [4.78, 5) is 13.2. The molecule has 1 aromatic carbocycles. The Morgan fingerprint density at radius 1 is 0.921 bits per heavy atom. The average molecular weight is 525 g/mol. The summed E-state index contributed by atoms with van der Waals surface area (Å²) in [6, 6.07) is 7.44. The molecule has 8 heteroatoms. The van der Waals surface area contributed by atoms with Gasteiger partial charge in [0.1, 0.15) is 23.1 Å². The average Bonchev–Trinajstić information content (AvgIpc) is 2.89. The summed E-state index contributed by atoms with van der Waals surface area (Å²) in [7, 11) is 0. The third-order valence-corrected chi connectivity index (χ3v) is 7.49. The van der Waals surface area contributed by atoms with E-state index in [4.69, 9.17) is 4.74 Å². The Kier molecular flexibility index (Phi) is 8.29. The van der Waals surface area contributed by atoms with Crippen molar-refractivity contribution in [3.8, 4) is 11.3 Å². The van der Waals surface area contributed by atoms with Crippen LogP contribution in [0.5, 0.6) is 0 Å². The fourth-order valence-electron chi connectivity index (χ4n) is 5.80. The molecule has 2 aromatic heterocycles. The van der Waals surface area contributed by atoms with Crippen LogP contribution in [0.4, 0.5) is 18.9 Å². The van der Waals surface area contributed by atoms with Gasteiger partial charge in [0.05, 0.1) is 18.8 Å². The molecule has 2 aliphatic heterocycles. The predicted molar refractivity (Wildman–Crippen MR) is 142 cm³/mol. The Morgan fingerprint density at radius 2 is 1.63 bits per heavy atom. The number of rotatable bonds is 7. The Morgan fingerprint density at radius 3 is 2.34 bits per heavy atom. The maximum Gasteiger partial charge on any atom is 0.149 e. The minimum Gasteiger partial charge on any atom is -0.379 e. The van der Waals surface area contributed by atoms with Crippen LogP contribution in [0.25, 0.3) is 11.3 Å². The first kappa shape index (κ1) is 26.6. The lowest BCUT2D eigenvalue weighted by molar-refractivity contribution is 0.0341. The third kappa shape index (κ3) is 6.18. The SMILES string of the molecule is C[C@@H]1C[C@H](C)CN(c2ccncc2CCc2ccc(F)c(-c3c(F)cc(CN4CCOCC4)cc3F)n2)C1.